The molecule has 0 heterocycles. The van der Waals surface area contributed by atoms with E-state index < -0.39 is 18.0 Å². The summed E-state index contributed by atoms with van der Waals surface area (Å²) in [6.07, 6.45) is 7.06. The maximum atomic E-state index is 12.2. The Morgan fingerprint density at radius 1 is 1.13 bits per heavy atom. The minimum absolute atomic E-state index is 0.0874. The molecule has 0 aromatic rings. The van der Waals surface area contributed by atoms with E-state index >= 15 is 0 Å². The molecule has 0 unspecified atom stereocenters. The highest BCUT2D eigenvalue weighted by Gasteiger charge is 2.51. The summed E-state index contributed by atoms with van der Waals surface area (Å²) in [5, 5.41) is 2.64. The van der Waals surface area contributed by atoms with Gasteiger partial charge < -0.3 is 15.8 Å². The van der Waals surface area contributed by atoms with Gasteiger partial charge in [-0.2, -0.15) is 0 Å². The first kappa shape index (κ1) is 16.3. The lowest BCUT2D eigenvalue weighted by molar-refractivity contribution is -0.153. The molecule has 23 heavy (non-hydrogen) atoms. The van der Waals surface area contributed by atoms with Crippen molar-refractivity contribution in [3.63, 3.8) is 0 Å². The van der Waals surface area contributed by atoms with Gasteiger partial charge in [0.15, 0.2) is 6.10 Å². The summed E-state index contributed by atoms with van der Waals surface area (Å²) in [5.74, 6) is 0.991. The maximum absolute atomic E-state index is 12.2. The number of ether oxygens (including phenoxy) is 1. The number of nitrogens with one attached hydrogen (secondary N) is 1. The molecule has 0 saturated heterocycles. The first-order chi connectivity index (χ1) is 10.8. The second-order valence-electron chi connectivity index (χ2n) is 7.91. The molecule has 0 aliphatic heterocycles. The van der Waals surface area contributed by atoms with Gasteiger partial charge in [-0.05, 0) is 68.6 Å². The van der Waals surface area contributed by atoms with Crippen LogP contribution < -0.4 is 11.1 Å². The molecule has 4 saturated carbocycles. The third-order valence-electron chi connectivity index (χ3n) is 5.84. The van der Waals surface area contributed by atoms with Crippen molar-refractivity contribution in [3.05, 3.63) is 0 Å². The van der Waals surface area contributed by atoms with Gasteiger partial charge in [0, 0.05) is 6.42 Å². The predicted octanol–water partition coefficient (Wildman–Crippen LogP) is 1.13. The molecule has 0 aromatic carbocycles. The van der Waals surface area contributed by atoms with E-state index in [0.29, 0.717) is 6.42 Å². The minimum Gasteiger partial charge on any atom is -0.451 e. The van der Waals surface area contributed by atoms with Crippen molar-refractivity contribution in [2.75, 3.05) is 6.54 Å². The Bertz CT molecular complexity index is 481. The fraction of sp³-hybridized carbons (Fsp3) is 0.824. The third-order valence-corrected chi connectivity index (χ3v) is 5.84. The van der Waals surface area contributed by atoms with Crippen LogP contribution in [0.15, 0.2) is 0 Å². The van der Waals surface area contributed by atoms with Crippen LogP contribution >= 0.6 is 0 Å². The van der Waals surface area contributed by atoms with Crippen LogP contribution in [0.4, 0.5) is 0 Å². The van der Waals surface area contributed by atoms with Gasteiger partial charge in [-0.1, -0.05) is 0 Å². The smallest absolute Gasteiger partial charge is 0.326 e. The van der Waals surface area contributed by atoms with E-state index in [2.05, 4.69) is 5.32 Å². The van der Waals surface area contributed by atoms with E-state index in [-0.39, 0.29) is 17.9 Å². The molecule has 4 rings (SSSR count). The zero-order chi connectivity index (χ0) is 16.6. The number of nitrogens with two attached hydrogens (primary N) is 1. The standard InChI is InChI=1S/C17H26N2O4/c1-10(16(18)22)23-15(21)9-19-14(20)8-17-5-11-2-12(6-17)4-13(3-11)7-17/h10-13H,2-9H2,1H3,(H2,18,22)(H,19,20)/t10-,11?,12?,13?,17?/m1/s1. The molecule has 1 atom stereocenters. The van der Waals surface area contributed by atoms with Crippen molar-refractivity contribution in [1.82, 2.24) is 5.32 Å². The van der Waals surface area contributed by atoms with E-state index in [1.807, 2.05) is 0 Å². The molecule has 6 nitrogen and oxygen atoms in total. The van der Waals surface area contributed by atoms with Crippen molar-refractivity contribution in [3.8, 4) is 0 Å². The Morgan fingerprint density at radius 2 is 1.65 bits per heavy atom. The van der Waals surface area contributed by atoms with E-state index in [4.69, 9.17) is 10.5 Å². The van der Waals surface area contributed by atoms with Gasteiger partial charge in [-0.25, -0.2) is 0 Å². The van der Waals surface area contributed by atoms with E-state index in [1.54, 1.807) is 0 Å². The van der Waals surface area contributed by atoms with Gasteiger partial charge >= 0.3 is 5.97 Å². The van der Waals surface area contributed by atoms with Gasteiger partial charge in [0.25, 0.3) is 5.91 Å². The van der Waals surface area contributed by atoms with Crippen molar-refractivity contribution < 1.29 is 19.1 Å². The number of primary amides is 1. The molecular formula is C17H26N2O4. The van der Waals surface area contributed by atoms with Crippen LogP contribution in [0.2, 0.25) is 0 Å². The normalized spacial score (nSPS) is 35.6. The van der Waals surface area contributed by atoms with Crippen LogP contribution in [-0.2, 0) is 19.1 Å². The van der Waals surface area contributed by atoms with Crippen LogP contribution in [0.25, 0.3) is 0 Å². The molecule has 4 aliphatic rings. The van der Waals surface area contributed by atoms with Crippen molar-refractivity contribution in [2.24, 2.45) is 28.9 Å². The predicted molar refractivity (Wildman–Crippen MR) is 83.0 cm³/mol. The molecule has 0 spiro atoms. The number of carbonyl (C=O) groups excluding carboxylic acids is 3. The lowest BCUT2D eigenvalue weighted by Crippen LogP contribution is -2.48. The Kier molecular flexibility index (Phi) is 4.34. The van der Waals surface area contributed by atoms with Crippen LogP contribution in [0, 0.1) is 23.2 Å². The average Bonchev–Trinajstić information content (AvgIpc) is 2.43. The Balaban J connectivity index is 1.46. The highest BCUT2D eigenvalue weighted by Crippen LogP contribution is 2.61. The Hall–Kier alpha value is -1.59. The molecular weight excluding hydrogens is 296 g/mol. The molecule has 4 fully saturated rings. The number of rotatable bonds is 6. The number of hydrogen-bond donors (Lipinski definition) is 2. The molecule has 6 heteroatoms. The van der Waals surface area contributed by atoms with Crippen LogP contribution in [0.5, 0.6) is 0 Å². The largest absolute Gasteiger partial charge is 0.451 e. The summed E-state index contributed by atoms with van der Waals surface area (Å²) in [5.41, 5.74) is 5.19. The molecule has 128 valence electrons. The van der Waals surface area contributed by atoms with Crippen LogP contribution in [0.1, 0.15) is 51.9 Å². The maximum Gasteiger partial charge on any atom is 0.326 e. The molecule has 4 bridgehead atoms. The molecule has 0 radical (unpaired) electrons. The monoisotopic (exact) mass is 322 g/mol. The summed E-state index contributed by atoms with van der Waals surface area (Å²) in [6, 6.07) is 0. The van der Waals surface area contributed by atoms with Gasteiger partial charge in [0.2, 0.25) is 5.91 Å². The first-order valence-corrected chi connectivity index (χ1v) is 8.61. The van der Waals surface area contributed by atoms with E-state index in [9.17, 15) is 14.4 Å². The van der Waals surface area contributed by atoms with E-state index in [0.717, 1.165) is 37.0 Å². The second-order valence-corrected chi connectivity index (χ2v) is 7.91. The zero-order valence-corrected chi connectivity index (χ0v) is 13.7. The Labute approximate surface area is 136 Å². The lowest BCUT2D eigenvalue weighted by Gasteiger charge is -2.56. The minimum atomic E-state index is -0.970. The molecule has 4 aliphatic carbocycles. The fourth-order valence-corrected chi connectivity index (χ4v) is 5.38. The molecule has 3 N–H and O–H groups in total. The highest BCUT2D eigenvalue weighted by molar-refractivity contribution is 5.85. The summed E-state index contributed by atoms with van der Waals surface area (Å²) >= 11 is 0. The highest BCUT2D eigenvalue weighted by atomic mass is 16.5. The quantitative estimate of drug-likeness (QED) is 0.716. The van der Waals surface area contributed by atoms with Crippen LogP contribution in [-0.4, -0.2) is 30.4 Å². The van der Waals surface area contributed by atoms with Crippen molar-refractivity contribution >= 4 is 17.8 Å². The average molecular weight is 322 g/mol. The number of carbonyl (C=O) groups is 3. The molecule has 2 amide bonds. The topological polar surface area (TPSA) is 98.5 Å². The number of esters is 1. The first-order valence-electron chi connectivity index (χ1n) is 8.61. The van der Waals surface area contributed by atoms with Gasteiger partial charge in [-0.15, -0.1) is 0 Å². The number of hydrogen-bond acceptors (Lipinski definition) is 4. The summed E-state index contributed by atoms with van der Waals surface area (Å²) in [7, 11) is 0. The second kappa shape index (κ2) is 6.13. The van der Waals surface area contributed by atoms with Crippen molar-refractivity contribution in [1.29, 1.82) is 0 Å². The summed E-state index contributed by atoms with van der Waals surface area (Å²) < 4.78 is 4.83. The fourth-order valence-electron chi connectivity index (χ4n) is 5.38. The van der Waals surface area contributed by atoms with Crippen molar-refractivity contribution in [2.45, 2.75) is 58.0 Å². The SMILES string of the molecule is C[C@@H](OC(=O)CNC(=O)CC12CC3CC(CC(C3)C1)C2)C(N)=O. The third kappa shape index (κ3) is 3.67. The van der Waals surface area contributed by atoms with Gasteiger partial charge in [0.05, 0.1) is 0 Å². The summed E-state index contributed by atoms with van der Waals surface area (Å²) in [4.78, 5) is 34.7. The van der Waals surface area contributed by atoms with Gasteiger partial charge in [0.1, 0.15) is 6.54 Å². The van der Waals surface area contributed by atoms with Gasteiger partial charge in [-0.3, -0.25) is 14.4 Å². The van der Waals surface area contributed by atoms with E-state index in [1.165, 1.54) is 26.2 Å². The number of amides is 2. The summed E-state index contributed by atoms with van der Waals surface area (Å²) in [6.45, 7) is 1.21. The zero-order valence-electron chi connectivity index (χ0n) is 13.7. The molecule has 0 aromatic heterocycles. The Morgan fingerprint density at radius 3 is 2.13 bits per heavy atom. The van der Waals surface area contributed by atoms with Crippen LogP contribution in [0.3, 0.4) is 0 Å². The lowest BCUT2D eigenvalue weighted by atomic mass is 9.49.